The summed E-state index contributed by atoms with van der Waals surface area (Å²) in [5.41, 5.74) is 0.629. The molecule has 4 aromatic rings. The van der Waals surface area contributed by atoms with Gasteiger partial charge in [0.25, 0.3) is 15.9 Å². The summed E-state index contributed by atoms with van der Waals surface area (Å²) < 4.78 is 66.1. The molecular formula is C27H20ClF3N2O3S2. The summed E-state index contributed by atoms with van der Waals surface area (Å²) in [6.45, 7) is 0. The first-order chi connectivity index (χ1) is 18.0. The third-order valence-electron chi connectivity index (χ3n) is 5.30. The number of sulfonamides is 1. The lowest BCUT2D eigenvalue weighted by molar-refractivity contribution is -0.137. The van der Waals surface area contributed by atoms with E-state index in [1.54, 1.807) is 23.9 Å². The van der Waals surface area contributed by atoms with Crippen molar-refractivity contribution in [3.8, 4) is 0 Å². The maximum Gasteiger partial charge on any atom is 0.416 e. The highest BCUT2D eigenvalue weighted by atomic mass is 35.5. The number of halogens is 4. The van der Waals surface area contributed by atoms with E-state index in [1.807, 2.05) is 36.4 Å². The molecule has 0 aliphatic heterocycles. The van der Waals surface area contributed by atoms with Gasteiger partial charge in [0.1, 0.15) is 0 Å². The Hall–Kier alpha value is -3.47. The maximum absolute atomic E-state index is 12.9. The van der Waals surface area contributed by atoms with Crippen LogP contribution in [0.4, 0.5) is 24.5 Å². The van der Waals surface area contributed by atoms with Crippen LogP contribution in [0.5, 0.6) is 0 Å². The van der Waals surface area contributed by atoms with E-state index in [4.69, 9.17) is 11.6 Å². The minimum atomic E-state index is -4.60. The lowest BCUT2D eigenvalue weighted by Crippen LogP contribution is -2.15. The van der Waals surface area contributed by atoms with E-state index in [0.29, 0.717) is 28.1 Å². The highest BCUT2D eigenvalue weighted by Crippen LogP contribution is 2.31. The van der Waals surface area contributed by atoms with Gasteiger partial charge < -0.3 is 5.32 Å². The molecule has 0 saturated carbocycles. The largest absolute Gasteiger partial charge is 0.416 e. The Morgan fingerprint density at radius 3 is 2.13 bits per heavy atom. The molecule has 0 aliphatic carbocycles. The van der Waals surface area contributed by atoms with Crippen LogP contribution in [0.25, 0.3) is 0 Å². The second kappa shape index (κ2) is 11.5. The molecule has 1 amide bonds. The van der Waals surface area contributed by atoms with Crippen LogP contribution in [-0.4, -0.2) is 14.3 Å². The van der Waals surface area contributed by atoms with Gasteiger partial charge in [0.2, 0.25) is 0 Å². The van der Waals surface area contributed by atoms with E-state index in [0.717, 1.165) is 22.6 Å². The molecule has 0 fully saturated rings. The molecule has 0 aromatic heterocycles. The number of rotatable bonds is 8. The van der Waals surface area contributed by atoms with Crippen LogP contribution in [0.15, 0.2) is 107 Å². The van der Waals surface area contributed by atoms with Gasteiger partial charge in [-0.05, 0) is 84.4 Å². The average Bonchev–Trinajstić information content (AvgIpc) is 2.88. The topological polar surface area (TPSA) is 75.3 Å². The molecule has 0 atom stereocenters. The van der Waals surface area contributed by atoms with Gasteiger partial charge >= 0.3 is 6.18 Å². The molecule has 0 radical (unpaired) electrons. The summed E-state index contributed by atoms with van der Waals surface area (Å²) in [6, 6.07) is 23.8. The number of carbonyl (C=O) groups is 1. The molecule has 0 saturated heterocycles. The number of anilines is 2. The van der Waals surface area contributed by atoms with E-state index in [2.05, 4.69) is 10.0 Å². The van der Waals surface area contributed by atoms with Crippen molar-refractivity contribution in [2.75, 3.05) is 10.0 Å². The molecule has 0 bridgehead atoms. The molecule has 0 heterocycles. The number of thioether (sulfide) groups is 1. The molecule has 0 spiro atoms. The highest BCUT2D eigenvalue weighted by molar-refractivity contribution is 7.98. The molecule has 2 N–H and O–H groups in total. The average molecular weight is 577 g/mol. The summed E-state index contributed by atoms with van der Waals surface area (Å²) in [4.78, 5) is 13.5. The fraction of sp³-hybridized carbons (Fsp3) is 0.0741. The fourth-order valence-corrected chi connectivity index (χ4v) is 5.37. The first kappa shape index (κ1) is 27.6. The molecule has 4 aromatic carbocycles. The van der Waals surface area contributed by atoms with Crippen molar-refractivity contribution in [2.24, 2.45) is 0 Å². The van der Waals surface area contributed by atoms with Gasteiger partial charge in [-0.1, -0.05) is 29.8 Å². The normalized spacial score (nSPS) is 11.7. The summed E-state index contributed by atoms with van der Waals surface area (Å²) >= 11 is 7.54. The number of benzene rings is 4. The SMILES string of the molecule is O=C(Nc1ccc(S(=O)(=O)Nc2cccc(C(F)(F)F)c2)cc1)c1ccc(CSc2ccc(Cl)cc2)cc1. The lowest BCUT2D eigenvalue weighted by atomic mass is 10.1. The van der Waals surface area contributed by atoms with Crippen LogP contribution in [0.2, 0.25) is 5.02 Å². The zero-order chi connectivity index (χ0) is 27.3. The molecular weight excluding hydrogens is 557 g/mol. The standard InChI is InChI=1S/C27H20ClF3N2O3S2/c28-21-8-12-24(13-9-21)37-17-18-4-6-19(7-5-18)26(34)32-22-10-14-25(15-11-22)38(35,36)33-23-3-1-2-20(16-23)27(29,30)31/h1-16,33H,17H2,(H,32,34). The Bertz CT molecular complexity index is 1530. The zero-order valence-corrected chi connectivity index (χ0v) is 21.9. The molecule has 4 rings (SSSR count). The van der Waals surface area contributed by atoms with Gasteiger partial charge in [0.15, 0.2) is 0 Å². The van der Waals surface area contributed by atoms with Gasteiger partial charge in [-0.3, -0.25) is 9.52 Å². The predicted molar refractivity (Wildman–Crippen MR) is 144 cm³/mol. The molecule has 11 heteroatoms. The van der Waals surface area contributed by atoms with E-state index in [1.165, 1.54) is 30.3 Å². The number of hydrogen-bond acceptors (Lipinski definition) is 4. The summed E-state index contributed by atoms with van der Waals surface area (Å²) in [5.74, 6) is 0.341. The number of alkyl halides is 3. The van der Waals surface area contributed by atoms with Crippen LogP contribution in [0, 0.1) is 0 Å². The molecule has 0 aliphatic rings. The van der Waals surface area contributed by atoms with Gasteiger partial charge in [-0.25, -0.2) is 8.42 Å². The molecule has 0 unspecified atom stereocenters. The van der Waals surface area contributed by atoms with Crippen molar-refractivity contribution in [1.29, 1.82) is 0 Å². The van der Waals surface area contributed by atoms with Crippen molar-refractivity contribution in [3.63, 3.8) is 0 Å². The maximum atomic E-state index is 12.9. The second-order valence-electron chi connectivity index (χ2n) is 8.10. The van der Waals surface area contributed by atoms with Crippen molar-refractivity contribution >= 4 is 50.7 Å². The Labute approximate surface area is 227 Å². The Morgan fingerprint density at radius 1 is 0.842 bits per heavy atom. The van der Waals surface area contributed by atoms with Crippen LogP contribution in [0.1, 0.15) is 21.5 Å². The first-order valence-electron chi connectivity index (χ1n) is 11.1. The number of amides is 1. The van der Waals surface area contributed by atoms with Gasteiger partial charge in [0, 0.05) is 32.6 Å². The van der Waals surface area contributed by atoms with Crippen molar-refractivity contribution in [2.45, 2.75) is 21.7 Å². The molecule has 5 nitrogen and oxygen atoms in total. The third-order valence-corrected chi connectivity index (χ3v) is 8.03. The van der Waals surface area contributed by atoms with E-state index >= 15 is 0 Å². The second-order valence-corrected chi connectivity index (χ2v) is 11.3. The van der Waals surface area contributed by atoms with Crippen molar-refractivity contribution in [3.05, 3.63) is 119 Å². The van der Waals surface area contributed by atoms with Crippen LogP contribution < -0.4 is 10.0 Å². The smallest absolute Gasteiger partial charge is 0.322 e. The Balaban J connectivity index is 1.36. The summed E-state index contributed by atoms with van der Waals surface area (Å²) in [7, 11) is -4.14. The third kappa shape index (κ3) is 7.31. The van der Waals surface area contributed by atoms with Gasteiger partial charge in [0.05, 0.1) is 10.5 Å². The summed E-state index contributed by atoms with van der Waals surface area (Å²) in [5, 5.41) is 3.37. The fourth-order valence-electron chi connectivity index (χ4n) is 3.34. The van der Waals surface area contributed by atoms with Gasteiger partial charge in [-0.15, -0.1) is 11.8 Å². The minimum absolute atomic E-state index is 0.171. The molecule has 196 valence electrons. The Morgan fingerprint density at radius 2 is 1.50 bits per heavy atom. The van der Waals surface area contributed by atoms with Gasteiger partial charge in [-0.2, -0.15) is 13.2 Å². The van der Waals surface area contributed by atoms with E-state index in [9.17, 15) is 26.4 Å². The van der Waals surface area contributed by atoms with Crippen LogP contribution in [0.3, 0.4) is 0 Å². The minimum Gasteiger partial charge on any atom is -0.322 e. The number of carbonyl (C=O) groups excluding carboxylic acids is 1. The van der Waals surface area contributed by atoms with E-state index in [-0.39, 0.29) is 16.5 Å². The lowest BCUT2D eigenvalue weighted by Gasteiger charge is -2.12. The molecule has 38 heavy (non-hydrogen) atoms. The van der Waals surface area contributed by atoms with E-state index < -0.39 is 21.8 Å². The van der Waals surface area contributed by atoms with Crippen molar-refractivity contribution < 1.29 is 26.4 Å². The highest BCUT2D eigenvalue weighted by Gasteiger charge is 2.30. The monoisotopic (exact) mass is 576 g/mol. The summed E-state index contributed by atoms with van der Waals surface area (Å²) in [6.07, 6.45) is -4.60. The number of nitrogens with one attached hydrogen (secondary N) is 2. The first-order valence-corrected chi connectivity index (χ1v) is 13.9. The number of hydrogen-bond donors (Lipinski definition) is 2. The van der Waals surface area contributed by atoms with Crippen LogP contribution in [-0.2, 0) is 22.0 Å². The zero-order valence-electron chi connectivity index (χ0n) is 19.5. The van der Waals surface area contributed by atoms with Crippen molar-refractivity contribution in [1.82, 2.24) is 0 Å². The Kier molecular flexibility index (Phi) is 8.35. The van der Waals surface area contributed by atoms with Crippen LogP contribution >= 0.6 is 23.4 Å². The quantitative estimate of drug-likeness (QED) is 0.211. The predicted octanol–water partition coefficient (Wildman–Crippen LogP) is 7.70.